The van der Waals surface area contributed by atoms with Gasteiger partial charge in [0.15, 0.2) is 8.55 Å². The summed E-state index contributed by atoms with van der Waals surface area (Å²) in [5.74, 6) is 0. The van der Waals surface area contributed by atoms with E-state index in [1.165, 1.54) is 29.3 Å². The van der Waals surface area contributed by atoms with Crippen LogP contribution in [0.4, 0.5) is 9.80 Å². The van der Waals surface area contributed by atoms with Crippen molar-refractivity contribution in [3.8, 4) is 11.3 Å². The SMILES string of the molecule is Cc1nc(-c2ccccc2)c(NC(=O)NS(=O)(=O)c2cnc(Sc3ccccc3)s2)s1. The van der Waals surface area contributed by atoms with Crippen LogP contribution in [0.25, 0.3) is 11.3 Å². The van der Waals surface area contributed by atoms with Crippen LogP contribution >= 0.6 is 34.4 Å². The minimum Gasteiger partial charge on any atom is -0.297 e. The number of nitrogens with one attached hydrogen (secondary N) is 2. The first-order valence-electron chi connectivity index (χ1n) is 8.96. The minimum absolute atomic E-state index is 0.0372. The molecule has 158 valence electrons. The molecule has 31 heavy (non-hydrogen) atoms. The second-order valence-corrected chi connectivity index (χ2v) is 11.7. The number of rotatable bonds is 6. The Kier molecular flexibility index (Phi) is 6.37. The highest BCUT2D eigenvalue weighted by molar-refractivity contribution is 8.01. The number of carbonyl (C=O) groups is 1. The van der Waals surface area contributed by atoms with E-state index in [9.17, 15) is 13.2 Å². The third-order valence-electron chi connectivity index (χ3n) is 3.91. The molecule has 2 heterocycles. The number of amides is 2. The Bertz CT molecular complexity index is 1300. The zero-order chi connectivity index (χ0) is 21.8. The summed E-state index contributed by atoms with van der Waals surface area (Å²) >= 11 is 3.63. The fourth-order valence-corrected chi connectivity index (χ4v) is 6.70. The van der Waals surface area contributed by atoms with Crippen molar-refractivity contribution < 1.29 is 13.2 Å². The Morgan fingerprint density at radius 1 is 1.00 bits per heavy atom. The van der Waals surface area contributed by atoms with Gasteiger partial charge in [-0.15, -0.1) is 11.3 Å². The van der Waals surface area contributed by atoms with E-state index in [1.807, 2.05) is 72.3 Å². The van der Waals surface area contributed by atoms with Gasteiger partial charge in [0.25, 0.3) is 10.0 Å². The molecule has 4 aromatic rings. The zero-order valence-corrected chi connectivity index (χ0v) is 19.4. The molecule has 4 rings (SSSR count). The molecule has 0 saturated heterocycles. The van der Waals surface area contributed by atoms with Gasteiger partial charge in [-0.1, -0.05) is 71.6 Å². The monoisotopic (exact) mass is 488 g/mol. The van der Waals surface area contributed by atoms with Crippen molar-refractivity contribution in [1.82, 2.24) is 14.7 Å². The van der Waals surface area contributed by atoms with E-state index in [0.717, 1.165) is 26.8 Å². The first kappa shape index (κ1) is 21.5. The number of urea groups is 1. The van der Waals surface area contributed by atoms with Gasteiger partial charge >= 0.3 is 6.03 Å². The topological polar surface area (TPSA) is 101 Å². The summed E-state index contributed by atoms with van der Waals surface area (Å²) in [4.78, 5) is 22.0. The maximum absolute atomic E-state index is 12.6. The van der Waals surface area contributed by atoms with Crippen molar-refractivity contribution in [2.45, 2.75) is 20.4 Å². The Labute approximate surface area is 191 Å². The lowest BCUT2D eigenvalue weighted by Gasteiger charge is -2.07. The van der Waals surface area contributed by atoms with Crippen LogP contribution in [0.5, 0.6) is 0 Å². The fraction of sp³-hybridized carbons (Fsp3) is 0.0500. The third kappa shape index (κ3) is 5.31. The van der Waals surface area contributed by atoms with Crippen LogP contribution < -0.4 is 10.0 Å². The molecule has 0 unspecified atom stereocenters. The smallest absolute Gasteiger partial charge is 0.297 e. The second-order valence-electron chi connectivity index (χ2n) is 6.20. The maximum atomic E-state index is 12.6. The van der Waals surface area contributed by atoms with Crippen LogP contribution in [0.3, 0.4) is 0 Å². The molecular formula is C20H16N4O3S4. The van der Waals surface area contributed by atoms with Gasteiger partial charge in [0.2, 0.25) is 0 Å². The summed E-state index contributed by atoms with van der Waals surface area (Å²) < 4.78 is 27.8. The van der Waals surface area contributed by atoms with E-state index in [-0.39, 0.29) is 4.21 Å². The van der Waals surface area contributed by atoms with E-state index in [1.54, 1.807) is 0 Å². The van der Waals surface area contributed by atoms with Crippen molar-refractivity contribution in [3.05, 3.63) is 71.9 Å². The highest BCUT2D eigenvalue weighted by Gasteiger charge is 2.23. The molecule has 0 saturated carbocycles. The van der Waals surface area contributed by atoms with Crippen LogP contribution in [0.1, 0.15) is 5.01 Å². The predicted octanol–water partition coefficient (Wildman–Crippen LogP) is 5.24. The maximum Gasteiger partial charge on any atom is 0.333 e. The summed E-state index contributed by atoms with van der Waals surface area (Å²) in [5, 5.41) is 3.83. The van der Waals surface area contributed by atoms with E-state index in [2.05, 4.69) is 15.3 Å². The second kappa shape index (κ2) is 9.18. The van der Waals surface area contributed by atoms with Gasteiger partial charge in [0.05, 0.1) is 11.2 Å². The van der Waals surface area contributed by atoms with Crippen LogP contribution in [0.2, 0.25) is 0 Å². The van der Waals surface area contributed by atoms with Gasteiger partial charge < -0.3 is 0 Å². The van der Waals surface area contributed by atoms with Crippen molar-refractivity contribution in [2.75, 3.05) is 5.32 Å². The van der Waals surface area contributed by atoms with E-state index < -0.39 is 16.1 Å². The number of nitrogens with zero attached hydrogens (tertiary/aromatic N) is 2. The highest BCUT2D eigenvalue weighted by atomic mass is 32.3. The molecule has 0 aliphatic heterocycles. The van der Waals surface area contributed by atoms with Gasteiger partial charge in [-0.05, 0) is 19.1 Å². The Morgan fingerprint density at radius 2 is 1.68 bits per heavy atom. The average Bonchev–Trinajstić information content (AvgIpc) is 3.36. The minimum atomic E-state index is -4.06. The van der Waals surface area contributed by atoms with Crippen molar-refractivity contribution in [2.24, 2.45) is 0 Å². The largest absolute Gasteiger partial charge is 0.333 e. The summed E-state index contributed by atoms with van der Waals surface area (Å²) in [7, 11) is -4.06. The number of hydrogen-bond donors (Lipinski definition) is 2. The Balaban J connectivity index is 1.47. The van der Waals surface area contributed by atoms with Gasteiger partial charge in [0, 0.05) is 10.5 Å². The summed E-state index contributed by atoms with van der Waals surface area (Å²) in [6.45, 7) is 1.82. The van der Waals surface area contributed by atoms with Crippen molar-refractivity contribution >= 4 is 55.5 Å². The lowest BCUT2D eigenvalue weighted by molar-refractivity contribution is 0.256. The third-order valence-corrected chi connectivity index (χ3v) is 8.67. The van der Waals surface area contributed by atoms with Gasteiger partial charge in [-0.3, -0.25) is 5.32 Å². The van der Waals surface area contributed by atoms with Crippen LogP contribution in [-0.2, 0) is 10.0 Å². The number of thiazole rings is 2. The summed E-state index contributed by atoms with van der Waals surface area (Å²) in [6, 6.07) is 18.0. The molecule has 2 amide bonds. The molecule has 0 aliphatic carbocycles. The number of hydrogen-bond acceptors (Lipinski definition) is 8. The average molecular weight is 489 g/mol. The standard InChI is InChI=1S/C20H16N4O3S4/c1-13-22-17(14-8-4-2-5-9-14)18(28-13)23-19(25)24-31(26,27)16-12-21-20(30-16)29-15-10-6-3-7-11-15/h2-12H,1H3,(H2,23,24,25). The molecule has 0 spiro atoms. The number of benzene rings is 2. The lowest BCUT2D eigenvalue weighted by atomic mass is 10.2. The first-order valence-corrected chi connectivity index (χ1v) is 12.9. The molecular weight excluding hydrogens is 473 g/mol. The highest BCUT2D eigenvalue weighted by Crippen LogP contribution is 2.34. The Morgan fingerprint density at radius 3 is 2.39 bits per heavy atom. The van der Waals surface area contributed by atoms with Crippen molar-refractivity contribution in [3.63, 3.8) is 0 Å². The molecule has 0 atom stereocenters. The van der Waals surface area contributed by atoms with Gasteiger partial charge in [0.1, 0.15) is 10.7 Å². The van der Waals surface area contributed by atoms with Crippen molar-refractivity contribution in [1.29, 1.82) is 0 Å². The van der Waals surface area contributed by atoms with Gasteiger partial charge in [-0.2, -0.15) is 0 Å². The van der Waals surface area contributed by atoms with Crippen LogP contribution in [0, 0.1) is 6.92 Å². The summed E-state index contributed by atoms with van der Waals surface area (Å²) in [5.41, 5.74) is 1.42. The number of carbonyl (C=O) groups excluding carboxylic acids is 1. The molecule has 2 aromatic heterocycles. The number of aryl methyl sites for hydroxylation is 1. The zero-order valence-electron chi connectivity index (χ0n) is 16.1. The van der Waals surface area contributed by atoms with Gasteiger partial charge in [-0.25, -0.2) is 27.9 Å². The first-order chi connectivity index (χ1) is 14.9. The molecule has 11 heteroatoms. The molecule has 0 radical (unpaired) electrons. The van der Waals surface area contributed by atoms with E-state index >= 15 is 0 Å². The number of sulfonamides is 1. The summed E-state index contributed by atoms with van der Waals surface area (Å²) in [6.07, 6.45) is 1.25. The normalized spacial score (nSPS) is 11.3. The molecule has 0 aliphatic rings. The molecule has 7 nitrogen and oxygen atoms in total. The quantitative estimate of drug-likeness (QED) is 0.385. The number of anilines is 1. The van der Waals surface area contributed by atoms with Crippen LogP contribution in [-0.4, -0.2) is 24.4 Å². The fourth-order valence-electron chi connectivity index (χ4n) is 2.61. The Hall–Kier alpha value is -2.73. The lowest BCUT2D eigenvalue weighted by Crippen LogP contribution is -2.33. The molecule has 2 N–H and O–H groups in total. The molecule has 0 fully saturated rings. The predicted molar refractivity (Wildman–Crippen MR) is 124 cm³/mol. The molecule has 0 bridgehead atoms. The van der Waals surface area contributed by atoms with Crippen LogP contribution in [0.15, 0.2) is 80.3 Å². The van der Waals surface area contributed by atoms with E-state index in [4.69, 9.17) is 0 Å². The molecule has 2 aromatic carbocycles. The van der Waals surface area contributed by atoms with E-state index in [0.29, 0.717) is 15.0 Å². The number of aromatic nitrogens is 2.